The molecule has 2 amide bonds. The Labute approximate surface area is 191 Å². The van der Waals surface area contributed by atoms with Crippen molar-refractivity contribution in [1.29, 1.82) is 0 Å². The first-order chi connectivity index (χ1) is 15.9. The number of hydrogen-bond donors (Lipinski definition) is 1. The van der Waals surface area contributed by atoms with Gasteiger partial charge in [0.05, 0.1) is 18.7 Å². The van der Waals surface area contributed by atoms with Gasteiger partial charge in [0.1, 0.15) is 19.0 Å². The molecule has 174 valence electrons. The topological polar surface area (TPSA) is 103 Å². The number of nitrogens with zero attached hydrogens (tertiary/aromatic N) is 1. The quantitative estimate of drug-likeness (QED) is 0.670. The largest absolute Gasteiger partial charge is 0.495 e. The van der Waals surface area contributed by atoms with Crippen LogP contribution in [0, 0.1) is 12.8 Å². The average molecular weight is 454 g/mol. The molecular weight excluding hydrogens is 428 g/mol. The second-order valence-electron chi connectivity index (χ2n) is 8.01. The van der Waals surface area contributed by atoms with Crippen molar-refractivity contribution in [2.45, 2.75) is 26.4 Å². The summed E-state index contributed by atoms with van der Waals surface area (Å²) in [5.74, 6) is -0.250. The fourth-order valence-electron chi connectivity index (χ4n) is 3.80. The Balaban J connectivity index is 1.36. The normalized spacial score (nSPS) is 18.0. The van der Waals surface area contributed by atoms with E-state index in [1.807, 2.05) is 19.1 Å². The lowest BCUT2D eigenvalue weighted by molar-refractivity contribution is -0.157. The molecule has 2 atom stereocenters. The number of anilines is 2. The van der Waals surface area contributed by atoms with E-state index in [-0.39, 0.29) is 18.9 Å². The number of ether oxygens (including phenoxy) is 4. The fraction of sp³-hybridized carbons (Fsp3) is 0.375. The Kier molecular flexibility index (Phi) is 6.39. The third-order valence-corrected chi connectivity index (χ3v) is 5.56. The van der Waals surface area contributed by atoms with Gasteiger partial charge in [-0.25, -0.2) is 0 Å². The van der Waals surface area contributed by atoms with Gasteiger partial charge in [0, 0.05) is 24.7 Å². The number of nitrogens with one attached hydrogen (secondary N) is 1. The molecule has 2 heterocycles. The molecule has 2 aromatic rings. The molecule has 9 nitrogen and oxygen atoms in total. The summed E-state index contributed by atoms with van der Waals surface area (Å²) in [6.45, 7) is 4.47. The van der Waals surface area contributed by atoms with Crippen LogP contribution >= 0.6 is 0 Å². The number of esters is 1. The predicted octanol–water partition coefficient (Wildman–Crippen LogP) is 2.70. The van der Waals surface area contributed by atoms with Crippen molar-refractivity contribution in [2.24, 2.45) is 5.92 Å². The SMILES string of the molecule is COc1ccc(C)cc1N1C[C@H](C(=O)O[C@@H](C)C(=O)Nc2ccc3c(c2)OCCO3)CC1=O. The first-order valence-electron chi connectivity index (χ1n) is 10.7. The van der Waals surface area contributed by atoms with Crippen LogP contribution in [0.5, 0.6) is 17.2 Å². The van der Waals surface area contributed by atoms with E-state index in [1.165, 1.54) is 18.9 Å². The predicted molar refractivity (Wildman–Crippen MR) is 120 cm³/mol. The zero-order valence-electron chi connectivity index (χ0n) is 18.8. The minimum absolute atomic E-state index is 0.00638. The minimum atomic E-state index is -1.04. The Morgan fingerprint density at radius 1 is 1.12 bits per heavy atom. The van der Waals surface area contributed by atoms with Crippen molar-refractivity contribution >= 4 is 29.2 Å². The van der Waals surface area contributed by atoms with E-state index in [9.17, 15) is 14.4 Å². The van der Waals surface area contributed by atoms with Gasteiger partial charge in [-0.05, 0) is 43.7 Å². The number of methoxy groups -OCH3 is 1. The summed E-state index contributed by atoms with van der Waals surface area (Å²) in [5.41, 5.74) is 2.08. The maximum atomic E-state index is 12.7. The van der Waals surface area contributed by atoms with Gasteiger partial charge in [-0.1, -0.05) is 6.07 Å². The zero-order valence-corrected chi connectivity index (χ0v) is 18.8. The Morgan fingerprint density at radius 3 is 2.64 bits per heavy atom. The first-order valence-corrected chi connectivity index (χ1v) is 10.7. The van der Waals surface area contributed by atoms with E-state index in [2.05, 4.69) is 5.32 Å². The summed E-state index contributed by atoms with van der Waals surface area (Å²) in [6, 6.07) is 10.6. The minimum Gasteiger partial charge on any atom is -0.495 e. The molecule has 0 unspecified atom stereocenters. The number of benzene rings is 2. The van der Waals surface area contributed by atoms with E-state index >= 15 is 0 Å². The van der Waals surface area contributed by atoms with Gasteiger partial charge in [-0.2, -0.15) is 0 Å². The smallest absolute Gasteiger partial charge is 0.312 e. The van der Waals surface area contributed by atoms with E-state index in [0.717, 1.165) is 5.56 Å². The van der Waals surface area contributed by atoms with Crippen LogP contribution in [0.15, 0.2) is 36.4 Å². The number of carbonyl (C=O) groups excluding carboxylic acids is 3. The highest BCUT2D eigenvalue weighted by Crippen LogP contribution is 2.35. The van der Waals surface area contributed by atoms with Crippen LogP contribution in [0.25, 0.3) is 0 Å². The second kappa shape index (κ2) is 9.40. The van der Waals surface area contributed by atoms with Crippen molar-refractivity contribution in [2.75, 3.05) is 37.1 Å². The van der Waals surface area contributed by atoms with E-state index < -0.39 is 23.9 Å². The number of hydrogen-bond acceptors (Lipinski definition) is 7. The van der Waals surface area contributed by atoms with Gasteiger partial charge in [0.25, 0.3) is 5.91 Å². The molecule has 0 saturated carbocycles. The van der Waals surface area contributed by atoms with Gasteiger partial charge in [0.15, 0.2) is 17.6 Å². The van der Waals surface area contributed by atoms with Gasteiger partial charge >= 0.3 is 5.97 Å². The standard InChI is InChI=1S/C24H26N2O7/c1-14-4-6-19(30-3)18(10-14)26-13-16(11-22(26)27)24(29)33-15(2)23(28)25-17-5-7-20-21(12-17)32-9-8-31-20/h4-7,10,12,15-16H,8-9,11,13H2,1-3H3,(H,25,28)/t15-,16+/m0/s1. The van der Waals surface area contributed by atoms with E-state index in [0.29, 0.717) is 41.8 Å². The number of fused-ring (bicyclic) bond motifs is 1. The summed E-state index contributed by atoms with van der Waals surface area (Å²) >= 11 is 0. The maximum Gasteiger partial charge on any atom is 0.312 e. The molecule has 2 aromatic carbocycles. The van der Waals surface area contributed by atoms with Crippen LogP contribution in [0.3, 0.4) is 0 Å². The molecule has 9 heteroatoms. The van der Waals surface area contributed by atoms with Crippen LogP contribution in [-0.2, 0) is 19.1 Å². The molecule has 4 rings (SSSR count). The Hall–Kier alpha value is -3.75. The molecule has 2 aliphatic rings. The average Bonchev–Trinajstić information content (AvgIpc) is 3.20. The molecule has 0 aliphatic carbocycles. The van der Waals surface area contributed by atoms with Gasteiger partial charge in [-0.15, -0.1) is 0 Å². The first kappa shape index (κ1) is 22.4. The molecular formula is C24H26N2O7. The van der Waals surface area contributed by atoms with Crippen LogP contribution in [-0.4, -0.2) is 50.8 Å². The molecule has 1 fully saturated rings. The molecule has 1 saturated heterocycles. The molecule has 0 bridgehead atoms. The lowest BCUT2D eigenvalue weighted by Crippen LogP contribution is -2.33. The summed E-state index contributed by atoms with van der Waals surface area (Å²) < 4.78 is 21.7. The third-order valence-electron chi connectivity index (χ3n) is 5.56. The van der Waals surface area contributed by atoms with E-state index in [1.54, 1.807) is 24.3 Å². The van der Waals surface area contributed by atoms with Crippen molar-refractivity contribution in [3.8, 4) is 17.2 Å². The number of carbonyl (C=O) groups is 3. The molecule has 33 heavy (non-hydrogen) atoms. The molecule has 0 radical (unpaired) electrons. The van der Waals surface area contributed by atoms with Gasteiger partial charge in [-0.3, -0.25) is 14.4 Å². The molecule has 0 aromatic heterocycles. The Bertz CT molecular complexity index is 1080. The number of rotatable bonds is 6. The molecule has 2 aliphatic heterocycles. The maximum absolute atomic E-state index is 12.7. The number of amides is 2. The zero-order chi connectivity index (χ0) is 23.5. The fourth-order valence-corrected chi connectivity index (χ4v) is 3.80. The van der Waals surface area contributed by atoms with Gasteiger partial charge < -0.3 is 29.2 Å². The van der Waals surface area contributed by atoms with E-state index in [4.69, 9.17) is 18.9 Å². The van der Waals surface area contributed by atoms with Crippen LogP contribution in [0.1, 0.15) is 18.9 Å². The van der Waals surface area contributed by atoms with Crippen LogP contribution in [0.4, 0.5) is 11.4 Å². The van der Waals surface area contributed by atoms with Crippen LogP contribution < -0.4 is 24.4 Å². The molecule has 1 N–H and O–H groups in total. The van der Waals surface area contributed by atoms with Crippen molar-refractivity contribution in [3.05, 3.63) is 42.0 Å². The van der Waals surface area contributed by atoms with Gasteiger partial charge in [0.2, 0.25) is 5.91 Å². The lowest BCUT2D eigenvalue weighted by atomic mass is 10.1. The Morgan fingerprint density at radius 2 is 1.88 bits per heavy atom. The summed E-state index contributed by atoms with van der Waals surface area (Å²) in [6.07, 6.45) is -1.03. The highest BCUT2D eigenvalue weighted by molar-refractivity contribution is 6.01. The summed E-state index contributed by atoms with van der Waals surface area (Å²) in [5, 5.41) is 2.71. The highest BCUT2D eigenvalue weighted by Gasteiger charge is 2.38. The van der Waals surface area contributed by atoms with Crippen molar-refractivity contribution < 1.29 is 33.3 Å². The summed E-state index contributed by atoms with van der Waals surface area (Å²) in [4.78, 5) is 39.4. The van der Waals surface area contributed by atoms with Crippen molar-refractivity contribution in [1.82, 2.24) is 0 Å². The third kappa shape index (κ3) is 4.87. The lowest BCUT2D eigenvalue weighted by Gasteiger charge is -2.21. The van der Waals surface area contributed by atoms with Crippen molar-refractivity contribution in [3.63, 3.8) is 0 Å². The second-order valence-corrected chi connectivity index (χ2v) is 8.01. The monoisotopic (exact) mass is 454 g/mol. The molecule has 0 spiro atoms. The summed E-state index contributed by atoms with van der Waals surface area (Å²) in [7, 11) is 1.53. The van der Waals surface area contributed by atoms with Crippen LogP contribution in [0.2, 0.25) is 0 Å². The number of aryl methyl sites for hydroxylation is 1. The highest BCUT2D eigenvalue weighted by atomic mass is 16.6.